The summed E-state index contributed by atoms with van der Waals surface area (Å²) in [6, 6.07) is 35.8. The number of thiophene rings is 1. The van der Waals surface area contributed by atoms with E-state index in [1.54, 1.807) is 0 Å². The van der Waals surface area contributed by atoms with Crippen LogP contribution in [0, 0.1) is 6.92 Å². The van der Waals surface area contributed by atoms with Crippen molar-refractivity contribution in [1.29, 1.82) is 0 Å². The van der Waals surface area contributed by atoms with E-state index in [0.29, 0.717) is 0 Å². The van der Waals surface area contributed by atoms with Crippen LogP contribution in [0.5, 0.6) is 0 Å². The first kappa shape index (κ1) is 31.9. The molecule has 50 heavy (non-hydrogen) atoms. The highest BCUT2D eigenvalue weighted by Gasteiger charge is 2.49. The van der Waals surface area contributed by atoms with Gasteiger partial charge in [0, 0.05) is 32.6 Å². The van der Waals surface area contributed by atoms with Gasteiger partial charge in [-0.05, 0) is 125 Å². The van der Waals surface area contributed by atoms with Crippen LogP contribution in [0.2, 0.25) is 0 Å². The molecule has 2 aliphatic heterocycles. The van der Waals surface area contributed by atoms with Gasteiger partial charge >= 0.3 is 0 Å². The Bertz CT molecular complexity index is 2410. The van der Waals surface area contributed by atoms with Crippen molar-refractivity contribution in [2.45, 2.75) is 97.8 Å². The first-order valence-electron chi connectivity index (χ1n) is 18.4. The minimum atomic E-state index is -0.164. The molecule has 0 amide bonds. The molecule has 0 radical (unpaired) electrons. The van der Waals surface area contributed by atoms with E-state index in [-0.39, 0.29) is 28.4 Å². The number of rotatable bonds is 1. The quantitative estimate of drug-likeness (QED) is 0.157. The zero-order chi connectivity index (χ0) is 35.3. The van der Waals surface area contributed by atoms with E-state index in [9.17, 15) is 0 Å². The largest absolute Gasteiger partial charge is 0.312 e. The standard InChI is InChI=1S/C47H48BNS/c1-27-22-36-42-39(23-27)49(30-19-16-28(17-20-30)44(2,3)4)38-21-18-29(45(5,6)7)24-37(38)48(42)43-41(47(36,10)11)33-25-32-31-14-12-13-15-34(31)46(8,9)35(32)26-40(33)50-43/h12-26H,1-11H3. The normalized spacial score (nSPS) is 16.5. The van der Waals surface area contributed by atoms with Crippen molar-refractivity contribution >= 4 is 60.9 Å². The molecule has 6 aromatic rings. The Labute approximate surface area is 303 Å². The SMILES string of the molecule is Cc1cc2c3c(c1)C(C)(C)c1c(sc4cc5c(cc14)-c1ccccc1C5(C)C)B3c1cc(C(C)(C)C)ccc1N2c1ccc(C(C)(C)C)cc1. The lowest BCUT2D eigenvalue weighted by Crippen LogP contribution is -2.63. The van der Waals surface area contributed by atoms with Gasteiger partial charge in [-0.25, -0.2) is 0 Å². The maximum atomic E-state index is 2.57. The molecule has 5 aromatic carbocycles. The van der Waals surface area contributed by atoms with Crippen LogP contribution in [-0.2, 0) is 21.7 Å². The van der Waals surface area contributed by atoms with Crippen LogP contribution in [0.4, 0.5) is 17.1 Å². The molecule has 0 N–H and O–H groups in total. The van der Waals surface area contributed by atoms with Crippen molar-refractivity contribution in [1.82, 2.24) is 0 Å². The van der Waals surface area contributed by atoms with Gasteiger partial charge in [0.2, 0.25) is 0 Å². The molecule has 0 saturated carbocycles. The Morgan fingerprint density at radius 3 is 2.00 bits per heavy atom. The maximum absolute atomic E-state index is 2.57. The first-order valence-corrected chi connectivity index (χ1v) is 19.2. The number of hydrogen-bond acceptors (Lipinski definition) is 2. The molecular formula is C47H48BNS. The van der Waals surface area contributed by atoms with Crippen molar-refractivity contribution in [2.75, 3.05) is 4.90 Å². The molecule has 1 nitrogen and oxygen atoms in total. The van der Waals surface area contributed by atoms with E-state index in [4.69, 9.17) is 0 Å². The molecule has 0 unspecified atom stereocenters. The molecule has 0 saturated heterocycles. The van der Waals surface area contributed by atoms with E-state index in [2.05, 4.69) is 183 Å². The van der Waals surface area contributed by atoms with Crippen molar-refractivity contribution in [2.24, 2.45) is 0 Å². The topological polar surface area (TPSA) is 3.24 Å². The first-order chi connectivity index (χ1) is 23.5. The van der Waals surface area contributed by atoms with Gasteiger partial charge in [-0.1, -0.05) is 124 Å². The Hall–Kier alpha value is -4.08. The van der Waals surface area contributed by atoms with Crippen LogP contribution in [0.1, 0.15) is 108 Å². The summed E-state index contributed by atoms with van der Waals surface area (Å²) in [5, 5.41) is 1.43. The predicted octanol–water partition coefficient (Wildman–Crippen LogP) is 11.0. The molecule has 1 aromatic heterocycles. The third-order valence-electron chi connectivity index (χ3n) is 12.2. The lowest BCUT2D eigenvalue weighted by Gasteiger charge is -2.45. The highest BCUT2D eigenvalue weighted by Crippen LogP contribution is 2.53. The van der Waals surface area contributed by atoms with E-state index in [0.717, 1.165) is 0 Å². The highest BCUT2D eigenvalue weighted by molar-refractivity contribution is 7.32. The summed E-state index contributed by atoms with van der Waals surface area (Å²) < 4.78 is 2.94. The monoisotopic (exact) mass is 669 g/mol. The molecule has 250 valence electrons. The second kappa shape index (κ2) is 10.0. The van der Waals surface area contributed by atoms with Crippen LogP contribution < -0.4 is 20.6 Å². The summed E-state index contributed by atoms with van der Waals surface area (Å²) in [7, 11) is 0. The molecular weight excluding hydrogens is 621 g/mol. The molecule has 0 spiro atoms. The Morgan fingerprint density at radius 1 is 0.620 bits per heavy atom. The lowest BCUT2D eigenvalue weighted by atomic mass is 9.32. The van der Waals surface area contributed by atoms with E-state index in [1.807, 2.05) is 0 Å². The van der Waals surface area contributed by atoms with Gasteiger partial charge in [0.25, 0.3) is 6.71 Å². The van der Waals surface area contributed by atoms with Crippen LogP contribution in [0.15, 0.2) is 91.0 Å². The number of nitrogens with zero attached hydrogens (tertiary/aromatic N) is 1. The fraction of sp³-hybridized carbons (Fsp3) is 0.319. The molecule has 0 atom stereocenters. The van der Waals surface area contributed by atoms with E-state index in [1.165, 1.54) is 92.9 Å². The van der Waals surface area contributed by atoms with Crippen molar-refractivity contribution in [3.63, 3.8) is 0 Å². The fourth-order valence-electron chi connectivity index (χ4n) is 9.48. The smallest absolute Gasteiger partial charge is 0.259 e. The molecule has 3 heterocycles. The van der Waals surface area contributed by atoms with E-state index < -0.39 is 0 Å². The summed E-state index contributed by atoms with van der Waals surface area (Å²) in [5.41, 5.74) is 19.5. The molecule has 0 fully saturated rings. The van der Waals surface area contributed by atoms with Gasteiger partial charge in [-0.15, -0.1) is 11.3 Å². The Balaban J connectivity index is 1.35. The van der Waals surface area contributed by atoms with Gasteiger partial charge in [-0.3, -0.25) is 0 Å². The predicted molar refractivity (Wildman–Crippen MR) is 219 cm³/mol. The van der Waals surface area contributed by atoms with Crippen molar-refractivity contribution in [3.05, 3.63) is 130 Å². The van der Waals surface area contributed by atoms with Gasteiger partial charge in [-0.2, -0.15) is 0 Å². The number of anilines is 3. The highest BCUT2D eigenvalue weighted by atomic mass is 32.1. The summed E-state index contributed by atoms with van der Waals surface area (Å²) in [5.74, 6) is 0. The Morgan fingerprint density at radius 2 is 1.30 bits per heavy atom. The van der Waals surface area contributed by atoms with Crippen LogP contribution in [-0.4, -0.2) is 6.71 Å². The Kier molecular flexibility index (Phi) is 6.40. The van der Waals surface area contributed by atoms with Crippen molar-refractivity contribution in [3.8, 4) is 11.1 Å². The third-order valence-corrected chi connectivity index (χ3v) is 13.5. The number of hydrogen-bond donors (Lipinski definition) is 0. The molecule has 1 aliphatic carbocycles. The average Bonchev–Trinajstić information content (AvgIpc) is 3.54. The van der Waals surface area contributed by atoms with Gasteiger partial charge in [0.15, 0.2) is 0 Å². The van der Waals surface area contributed by atoms with Crippen LogP contribution in [0.3, 0.4) is 0 Å². The fourth-order valence-corrected chi connectivity index (χ4v) is 11.0. The van der Waals surface area contributed by atoms with Gasteiger partial charge in [0.05, 0.1) is 0 Å². The number of aryl methyl sites for hydroxylation is 1. The zero-order valence-corrected chi connectivity index (χ0v) is 32.4. The third kappa shape index (κ3) is 4.25. The average molecular weight is 670 g/mol. The van der Waals surface area contributed by atoms with Gasteiger partial charge in [0.1, 0.15) is 0 Å². The second-order valence-corrected chi connectivity index (χ2v) is 19.4. The molecule has 3 heteroatoms. The van der Waals surface area contributed by atoms with Crippen LogP contribution in [0.25, 0.3) is 21.2 Å². The van der Waals surface area contributed by atoms with Crippen molar-refractivity contribution < 1.29 is 0 Å². The molecule has 3 aliphatic rings. The lowest BCUT2D eigenvalue weighted by molar-refractivity contribution is 0.590. The summed E-state index contributed by atoms with van der Waals surface area (Å²) >= 11 is 2.05. The van der Waals surface area contributed by atoms with Gasteiger partial charge < -0.3 is 4.90 Å². The van der Waals surface area contributed by atoms with E-state index >= 15 is 0 Å². The number of benzene rings is 5. The maximum Gasteiger partial charge on any atom is 0.259 e. The molecule has 0 bridgehead atoms. The van der Waals surface area contributed by atoms with Crippen LogP contribution >= 0.6 is 11.3 Å². The minimum absolute atomic E-state index is 0.0184. The second-order valence-electron chi connectivity index (χ2n) is 18.4. The zero-order valence-electron chi connectivity index (χ0n) is 31.6. The summed E-state index contributed by atoms with van der Waals surface area (Å²) in [6.07, 6.45) is 0. The summed E-state index contributed by atoms with van der Waals surface area (Å²) in [4.78, 5) is 2.57. The number of fused-ring (bicyclic) bond motifs is 9. The minimum Gasteiger partial charge on any atom is -0.312 e. The summed E-state index contributed by atoms with van der Waals surface area (Å²) in [6.45, 7) is 26.2. The molecule has 9 rings (SSSR count).